The first kappa shape index (κ1) is 13.1. The highest BCUT2D eigenvalue weighted by Gasteiger charge is 2.18. The van der Waals surface area contributed by atoms with Crippen molar-refractivity contribution in [3.8, 4) is 5.75 Å². The third-order valence-corrected chi connectivity index (χ3v) is 2.97. The largest absolute Gasteiger partial charge is 0.507 e. The number of phenolic OH excluding ortho intramolecular Hbond substituents is 1. The molecule has 0 aliphatic heterocycles. The number of nitrogens with zero attached hydrogens (tertiary/aromatic N) is 2. The van der Waals surface area contributed by atoms with Crippen LogP contribution < -0.4 is 0 Å². The number of ketones is 1. The number of Topliss-reactive ketones (excluding diaryl/α,β-unsaturated/α-hetero) is 1. The average molecular weight is 262 g/mol. The molecule has 0 radical (unpaired) electrons. The molecule has 100 valence electrons. The molecule has 2 rings (SSSR count). The second-order valence-corrected chi connectivity index (χ2v) is 4.33. The number of rotatable bonds is 4. The van der Waals surface area contributed by atoms with Crippen molar-refractivity contribution in [2.75, 3.05) is 0 Å². The van der Waals surface area contributed by atoms with Crippen LogP contribution in [0.25, 0.3) is 11.0 Å². The van der Waals surface area contributed by atoms with Crippen molar-refractivity contribution in [2.45, 2.75) is 19.8 Å². The Morgan fingerprint density at radius 3 is 2.63 bits per heavy atom. The molecular weight excluding hydrogens is 248 g/mol. The topological polar surface area (TPSA) is 92.4 Å². The van der Waals surface area contributed by atoms with Crippen molar-refractivity contribution in [3.63, 3.8) is 0 Å². The molecule has 0 fully saturated rings. The van der Waals surface area contributed by atoms with Crippen molar-refractivity contribution in [1.29, 1.82) is 0 Å². The molecule has 1 aromatic carbocycles. The van der Waals surface area contributed by atoms with Gasteiger partial charge in [0.1, 0.15) is 5.75 Å². The number of aryl methyl sites for hydroxylation is 1. The molecule has 0 amide bonds. The molecule has 0 saturated carbocycles. The third kappa shape index (κ3) is 2.16. The van der Waals surface area contributed by atoms with E-state index in [1.54, 1.807) is 7.05 Å². The smallest absolute Gasteiger partial charge is 0.372 e. The maximum atomic E-state index is 11.8. The van der Waals surface area contributed by atoms with Crippen molar-refractivity contribution in [2.24, 2.45) is 7.05 Å². The number of carbonyl (C=O) groups excluding carboxylic acids is 1. The first-order valence-electron chi connectivity index (χ1n) is 5.91. The number of carboxylic acids is 1. The number of aromatic carboxylic acids is 1. The van der Waals surface area contributed by atoms with E-state index in [1.807, 2.05) is 6.92 Å². The minimum absolute atomic E-state index is 0.130. The molecule has 0 unspecified atom stereocenters. The van der Waals surface area contributed by atoms with Gasteiger partial charge in [0.2, 0.25) is 5.82 Å². The molecule has 6 heteroatoms. The van der Waals surface area contributed by atoms with Crippen LogP contribution in [0.15, 0.2) is 12.1 Å². The molecule has 0 aliphatic rings. The fraction of sp³-hybridized carbons (Fsp3) is 0.308. The highest BCUT2D eigenvalue weighted by atomic mass is 16.4. The van der Waals surface area contributed by atoms with Gasteiger partial charge in [0.25, 0.3) is 0 Å². The maximum absolute atomic E-state index is 11.8. The molecule has 19 heavy (non-hydrogen) atoms. The van der Waals surface area contributed by atoms with Crippen LogP contribution in [-0.2, 0) is 7.05 Å². The standard InChI is InChI=1S/C13H14N2O4/c1-3-4-10(16)7-5-8-9(6-11(7)17)15(2)12(14-8)13(18)19/h5-6,17H,3-4H2,1-2H3,(H,18,19). The summed E-state index contributed by atoms with van der Waals surface area (Å²) in [6.07, 6.45) is 1.01. The molecule has 0 atom stereocenters. The Morgan fingerprint density at radius 1 is 1.37 bits per heavy atom. The first-order chi connectivity index (χ1) is 8.95. The monoisotopic (exact) mass is 262 g/mol. The van der Waals surface area contributed by atoms with E-state index >= 15 is 0 Å². The van der Waals surface area contributed by atoms with E-state index in [9.17, 15) is 14.7 Å². The van der Waals surface area contributed by atoms with Crippen LogP contribution in [0, 0.1) is 0 Å². The van der Waals surface area contributed by atoms with Crippen LogP contribution in [0.5, 0.6) is 5.75 Å². The van der Waals surface area contributed by atoms with E-state index in [0.29, 0.717) is 23.9 Å². The Kier molecular flexibility index (Phi) is 3.25. The van der Waals surface area contributed by atoms with Gasteiger partial charge in [-0.25, -0.2) is 9.78 Å². The highest BCUT2D eigenvalue weighted by Crippen LogP contribution is 2.26. The number of fused-ring (bicyclic) bond motifs is 1. The van der Waals surface area contributed by atoms with Crippen molar-refractivity contribution in [3.05, 3.63) is 23.5 Å². The summed E-state index contributed by atoms with van der Waals surface area (Å²) < 4.78 is 1.37. The lowest BCUT2D eigenvalue weighted by molar-refractivity contribution is 0.0680. The van der Waals surface area contributed by atoms with Gasteiger partial charge in [0.05, 0.1) is 16.6 Å². The molecule has 2 N–H and O–H groups in total. The van der Waals surface area contributed by atoms with Gasteiger partial charge in [0, 0.05) is 19.5 Å². The number of aromatic nitrogens is 2. The number of hydrogen-bond acceptors (Lipinski definition) is 4. The van der Waals surface area contributed by atoms with E-state index in [4.69, 9.17) is 5.11 Å². The van der Waals surface area contributed by atoms with Crippen molar-refractivity contribution >= 4 is 22.8 Å². The lowest BCUT2D eigenvalue weighted by Gasteiger charge is -2.03. The number of carbonyl (C=O) groups is 2. The van der Waals surface area contributed by atoms with E-state index in [-0.39, 0.29) is 22.9 Å². The zero-order valence-electron chi connectivity index (χ0n) is 10.7. The zero-order valence-corrected chi connectivity index (χ0v) is 10.7. The Labute approximate surface area is 109 Å². The summed E-state index contributed by atoms with van der Waals surface area (Å²) in [5.74, 6) is -1.61. The molecule has 1 heterocycles. The van der Waals surface area contributed by atoms with E-state index in [1.165, 1.54) is 16.7 Å². The predicted molar refractivity (Wildman–Crippen MR) is 68.6 cm³/mol. The van der Waals surface area contributed by atoms with Gasteiger partial charge >= 0.3 is 5.97 Å². The highest BCUT2D eigenvalue weighted by molar-refractivity contribution is 6.02. The number of benzene rings is 1. The Hall–Kier alpha value is -2.37. The van der Waals surface area contributed by atoms with E-state index < -0.39 is 5.97 Å². The second-order valence-electron chi connectivity index (χ2n) is 4.33. The molecule has 0 spiro atoms. The van der Waals surface area contributed by atoms with Gasteiger partial charge in [-0.2, -0.15) is 0 Å². The van der Waals surface area contributed by atoms with Gasteiger partial charge in [0.15, 0.2) is 5.78 Å². The normalized spacial score (nSPS) is 10.8. The number of imidazole rings is 1. The summed E-state index contributed by atoms with van der Waals surface area (Å²) in [5, 5.41) is 18.9. The second kappa shape index (κ2) is 4.72. The molecule has 0 aliphatic carbocycles. The van der Waals surface area contributed by atoms with Gasteiger partial charge in [-0.1, -0.05) is 6.92 Å². The molecule has 0 bridgehead atoms. The Balaban J connectivity index is 2.63. The molecule has 0 saturated heterocycles. The summed E-state index contributed by atoms with van der Waals surface area (Å²) in [4.78, 5) is 26.8. The number of aromatic hydroxyl groups is 1. The number of phenols is 1. The fourth-order valence-electron chi connectivity index (χ4n) is 2.00. The van der Waals surface area contributed by atoms with Gasteiger partial charge in [-0.3, -0.25) is 4.79 Å². The number of carboxylic acid groups (broad SMARTS) is 1. The Morgan fingerprint density at radius 2 is 2.05 bits per heavy atom. The molecule has 2 aromatic rings. The lowest BCUT2D eigenvalue weighted by Crippen LogP contribution is -2.05. The summed E-state index contributed by atoms with van der Waals surface area (Å²) in [6.45, 7) is 1.87. The summed E-state index contributed by atoms with van der Waals surface area (Å²) in [6, 6.07) is 2.81. The molecule has 1 aromatic heterocycles. The quantitative estimate of drug-likeness (QED) is 0.821. The van der Waals surface area contributed by atoms with E-state index in [2.05, 4.69) is 4.98 Å². The summed E-state index contributed by atoms with van der Waals surface area (Å²) in [5.41, 5.74) is 1.05. The minimum atomic E-state index is -1.15. The SMILES string of the molecule is CCCC(=O)c1cc2nc(C(=O)O)n(C)c2cc1O. The predicted octanol–water partition coefficient (Wildman–Crippen LogP) is 1.96. The van der Waals surface area contributed by atoms with E-state index in [0.717, 1.165) is 0 Å². The van der Waals surface area contributed by atoms with Crippen molar-refractivity contribution in [1.82, 2.24) is 9.55 Å². The minimum Gasteiger partial charge on any atom is -0.507 e. The summed E-state index contributed by atoms with van der Waals surface area (Å²) >= 11 is 0. The van der Waals surface area contributed by atoms with Crippen LogP contribution >= 0.6 is 0 Å². The first-order valence-corrected chi connectivity index (χ1v) is 5.91. The summed E-state index contributed by atoms with van der Waals surface area (Å²) in [7, 11) is 1.55. The third-order valence-electron chi connectivity index (χ3n) is 2.97. The van der Waals surface area contributed by atoms with Crippen LogP contribution in [0.4, 0.5) is 0 Å². The van der Waals surface area contributed by atoms with Crippen LogP contribution in [0.3, 0.4) is 0 Å². The average Bonchev–Trinajstić information content (AvgIpc) is 2.66. The van der Waals surface area contributed by atoms with Gasteiger partial charge < -0.3 is 14.8 Å². The van der Waals surface area contributed by atoms with Gasteiger partial charge in [-0.05, 0) is 12.5 Å². The van der Waals surface area contributed by atoms with Crippen molar-refractivity contribution < 1.29 is 19.8 Å². The number of hydrogen-bond donors (Lipinski definition) is 2. The van der Waals surface area contributed by atoms with Crippen LogP contribution in [-0.4, -0.2) is 31.5 Å². The Bertz CT molecular complexity index is 673. The molecule has 6 nitrogen and oxygen atoms in total. The van der Waals surface area contributed by atoms with Crippen LogP contribution in [0.1, 0.15) is 40.7 Å². The zero-order chi connectivity index (χ0) is 14.2. The molecular formula is C13H14N2O4. The van der Waals surface area contributed by atoms with Crippen LogP contribution in [0.2, 0.25) is 0 Å². The fourth-order valence-corrected chi connectivity index (χ4v) is 2.00. The lowest BCUT2D eigenvalue weighted by atomic mass is 10.1. The van der Waals surface area contributed by atoms with Gasteiger partial charge in [-0.15, -0.1) is 0 Å². The maximum Gasteiger partial charge on any atom is 0.372 e.